The highest BCUT2D eigenvalue weighted by Crippen LogP contribution is 2.31. The third kappa shape index (κ3) is 2.46. The predicted molar refractivity (Wildman–Crippen MR) is 85.3 cm³/mol. The highest BCUT2D eigenvalue weighted by Gasteiger charge is 2.33. The zero-order valence-electron chi connectivity index (χ0n) is 11.6. The van der Waals surface area contributed by atoms with Crippen molar-refractivity contribution < 1.29 is 4.34 Å². The summed E-state index contributed by atoms with van der Waals surface area (Å²) in [7, 11) is -1.63. The molecule has 2 nitrogen and oxygen atoms in total. The fraction of sp³-hybridized carbons (Fsp3) is 0.200. The minimum absolute atomic E-state index is 0.0298. The van der Waals surface area contributed by atoms with Gasteiger partial charge in [0.15, 0.2) is 8.32 Å². The molecular weight excluding hydrogens is 249 g/mol. The van der Waals surface area contributed by atoms with E-state index in [2.05, 4.69) is 73.4 Å². The third-order valence-electron chi connectivity index (χ3n) is 3.22. The lowest BCUT2D eigenvalue weighted by Crippen LogP contribution is -2.50. The van der Waals surface area contributed by atoms with Crippen molar-refractivity contribution in [3.05, 3.63) is 48.5 Å². The summed E-state index contributed by atoms with van der Waals surface area (Å²) < 4.78 is 6.29. The Balaban J connectivity index is 2.09. The SMILES string of the molecule is C[Si](C)(C)OB1Nc2ccccc2-c2ccccc21. The first-order valence-electron chi connectivity index (χ1n) is 6.67. The van der Waals surface area contributed by atoms with Gasteiger partial charge < -0.3 is 9.57 Å². The van der Waals surface area contributed by atoms with Gasteiger partial charge in [-0.1, -0.05) is 42.5 Å². The first kappa shape index (κ1) is 12.5. The number of nitrogens with one attached hydrogen (secondary N) is 1. The maximum Gasteiger partial charge on any atom is 0.439 e. The summed E-state index contributed by atoms with van der Waals surface area (Å²) in [6.07, 6.45) is 0. The van der Waals surface area contributed by atoms with Gasteiger partial charge in [0.2, 0.25) is 0 Å². The molecule has 2 aromatic carbocycles. The molecule has 0 bridgehead atoms. The summed E-state index contributed by atoms with van der Waals surface area (Å²) in [6.45, 7) is 6.66. The molecule has 1 aliphatic heterocycles. The van der Waals surface area contributed by atoms with E-state index in [0.717, 1.165) is 5.69 Å². The van der Waals surface area contributed by atoms with Crippen LogP contribution in [0.1, 0.15) is 0 Å². The Morgan fingerprint density at radius 1 is 0.895 bits per heavy atom. The molecule has 0 saturated heterocycles. The quantitative estimate of drug-likeness (QED) is 0.843. The number of rotatable bonds is 2. The Morgan fingerprint density at radius 3 is 2.26 bits per heavy atom. The smallest absolute Gasteiger partial charge is 0.439 e. The predicted octanol–water partition coefficient (Wildman–Crippen LogP) is 3.33. The van der Waals surface area contributed by atoms with Crippen molar-refractivity contribution in [3.8, 4) is 11.1 Å². The summed E-state index contributed by atoms with van der Waals surface area (Å²) in [5.41, 5.74) is 4.93. The largest absolute Gasteiger partial charge is 0.455 e. The van der Waals surface area contributed by atoms with Gasteiger partial charge in [-0.05, 0) is 36.7 Å². The molecule has 2 aromatic rings. The summed E-state index contributed by atoms with van der Waals surface area (Å²) in [5, 5.41) is 3.52. The maximum atomic E-state index is 6.29. The number of anilines is 1. The van der Waals surface area contributed by atoms with Crippen molar-refractivity contribution in [2.75, 3.05) is 5.23 Å². The van der Waals surface area contributed by atoms with E-state index in [9.17, 15) is 0 Å². The molecular formula is C15H18BNOSi. The van der Waals surface area contributed by atoms with Crippen LogP contribution in [0.3, 0.4) is 0 Å². The topological polar surface area (TPSA) is 21.3 Å². The van der Waals surface area contributed by atoms with E-state index in [1.807, 2.05) is 0 Å². The van der Waals surface area contributed by atoms with Gasteiger partial charge in [-0.15, -0.1) is 0 Å². The van der Waals surface area contributed by atoms with Gasteiger partial charge in [-0.3, -0.25) is 0 Å². The fourth-order valence-electron chi connectivity index (χ4n) is 2.48. The molecule has 4 heteroatoms. The van der Waals surface area contributed by atoms with Gasteiger partial charge in [0, 0.05) is 11.3 Å². The Hall–Kier alpha value is -1.52. The Bertz CT molecular complexity index is 609. The van der Waals surface area contributed by atoms with Crippen molar-refractivity contribution in [1.29, 1.82) is 0 Å². The van der Waals surface area contributed by atoms with E-state index in [1.54, 1.807) is 0 Å². The van der Waals surface area contributed by atoms with Crippen LogP contribution in [0.15, 0.2) is 48.5 Å². The van der Waals surface area contributed by atoms with Crippen LogP contribution < -0.4 is 10.7 Å². The van der Waals surface area contributed by atoms with Crippen LogP contribution in [0, 0.1) is 0 Å². The van der Waals surface area contributed by atoms with E-state index in [4.69, 9.17) is 4.34 Å². The van der Waals surface area contributed by atoms with Crippen molar-refractivity contribution in [1.82, 2.24) is 0 Å². The highest BCUT2D eigenvalue weighted by molar-refractivity contribution is 6.84. The van der Waals surface area contributed by atoms with E-state index in [-0.39, 0.29) is 7.05 Å². The molecule has 0 unspecified atom stereocenters. The monoisotopic (exact) mass is 267 g/mol. The minimum Gasteiger partial charge on any atom is -0.455 e. The summed E-state index contributed by atoms with van der Waals surface area (Å²) >= 11 is 0. The zero-order valence-corrected chi connectivity index (χ0v) is 12.6. The van der Waals surface area contributed by atoms with E-state index in [1.165, 1.54) is 16.6 Å². The zero-order chi connectivity index (χ0) is 13.5. The first-order valence-corrected chi connectivity index (χ1v) is 10.1. The fourth-order valence-corrected chi connectivity index (χ4v) is 3.37. The molecule has 0 saturated carbocycles. The average molecular weight is 267 g/mol. The molecule has 0 amide bonds. The van der Waals surface area contributed by atoms with Crippen LogP contribution in [-0.2, 0) is 4.34 Å². The van der Waals surface area contributed by atoms with Gasteiger partial charge in [-0.2, -0.15) is 0 Å². The Kier molecular flexibility index (Phi) is 2.99. The molecule has 3 rings (SSSR count). The van der Waals surface area contributed by atoms with Crippen molar-refractivity contribution >= 4 is 26.5 Å². The highest BCUT2D eigenvalue weighted by atomic mass is 28.4. The van der Waals surface area contributed by atoms with Gasteiger partial charge >= 0.3 is 7.05 Å². The number of benzene rings is 2. The van der Waals surface area contributed by atoms with Gasteiger partial charge in [0.25, 0.3) is 0 Å². The molecule has 1 N–H and O–H groups in total. The van der Waals surface area contributed by atoms with Crippen molar-refractivity contribution in [2.24, 2.45) is 0 Å². The van der Waals surface area contributed by atoms with E-state index < -0.39 is 8.32 Å². The second-order valence-electron chi connectivity index (χ2n) is 5.89. The van der Waals surface area contributed by atoms with Gasteiger partial charge in [0.05, 0.1) is 0 Å². The van der Waals surface area contributed by atoms with Crippen LogP contribution in [0.5, 0.6) is 0 Å². The average Bonchev–Trinajstić information content (AvgIpc) is 2.37. The molecule has 19 heavy (non-hydrogen) atoms. The van der Waals surface area contributed by atoms with Crippen LogP contribution in [0.2, 0.25) is 19.6 Å². The Morgan fingerprint density at radius 2 is 1.53 bits per heavy atom. The van der Waals surface area contributed by atoms with Crippen LogP contribution in [0.25, 0.3) is 11.1 Å². The van der Waals surface area contributed by atoms with E-state index in [0.29, 0.717) is 0 Å². The van der Waals surface area contributed by atoms with Gasteiger partial charge in [0.1, 0.15) is 0 Å². The normalized spacial score (nSPS) is 13.5. The van der Waals surface area contributed by atoms with Crippen LogP contribution >= 0.6 is 0 Å². The summed E-state index contributed by atoms with van der Waals surface area (Å²) in [5.74, 6) is 0. The molecule has 0 atom stereocenters. The summed E-state index contributed by atoms with van der Waals surface area (Å²) in [6, 6.07) is 16.9. The molecule has 0 aliphatic carbocycles. The van der Waals surface area contributed by atoms with Crippen molar-refractivity contribution in [2.45, 2.75) is 19.6 Å². The van der Waals surface area contributed by atoms with Crippen molar-refractivity contribution in [3.63, 3.8) is 0 Å². The third-order valence-corrected chi connectivity index (χ3v) is 4.16. The molecule has 1 heterocycles. The van der Waals surface area contributed by atoms with Crippen LogP contribution in [0.4, 0.5) is 5.69 Å². The second kappa shape index (κ2) is 4.55. The number of hydrogen-bond acceptors (Lipinski definition) is 2. The Labute approximate surface area is 116 Å². The standard InChI is InChI=1S/C15H18BNOSi/c1-19(2,3)18-16-14-10-6-4-8-12(14)13-9-5-7-11-15(13)17-16/h4-11,17H,1-3H3. The molecule has 0 spiro atoms. The maximum absolute atomic E-state index is 6.29. The van der Waals surface area contributed by atoms with Crippen LogP contribution in [-0.4, -0.2) is 15.4 Å². The first-order chi connectivity index (χ1) is 9.04. The summed E-state index contributed by atoms with van der Waals surface area (Å²) in [4.78, 5) is 0. The second-order valence-corrected chi connectivity index (χ2v) is 10.3. The number of hydrogen-bond donors (Lipinski definition) is 1. The molecule has 1 aliphatic rings. The molecule has 0 aromatic heterocycles. The minimum atomic E-state index is -1.60. The van der Waals surface area contributed by atoms with Gasteiger partial charge in [-0.25, -0.2) is 0 Å². The lowest BCUT2D eigenvalue weighted by molar-refractivity contribution is 0.588. The lowest BCUT2D eigenvalue weighted by Gasteiger charge is -2.31. The molecule has 0 fully saturated rings. The van der Waals surface area contributed by atoms with E-state index >= 15 is 0 Å². The lowest BCUT2D eigenvalue weighted by atomic mass is 9.67. The molecule has 96 valence electrons. The number of fused-ring (bicyclic) bond motifs is 3. The molecule has 0 radical (unpaired) electrons. The number of para-hydroxylation sites is 1.